The summed E-state index contributed by atoms with van der Waals surface area (Å²) in [5.74, 6) is 0. The fraction of sp³-hybridized carbons (Fsp3) is 0.176. The van der Waals surface area contributed by atoms with Crippen LogP contribution >= 0.6 is 0 Å². The van der Waals surface area contributed by atoms with Crippen molar-refractivity contribution < 1.29 is 9.90 Å². The number of hydrogen-bond donors (Lipinski definition) is 3. The zero-order chi connectivity index (χ0) is 15.8. The van der Waals surface area contributed by atoms with Crippen LogP contribution in [0, 0.1) is 11.3 Å². The highest BCUT2D eigenvalue weighted by Crippen LogP contribution is 2.15. The number of nitriles is 1. The number of rotatable bonds is 5. The van der Waals surface area contributed by atoms with Crippen LogP contribution in [0.15, 0.2) is 54.6 Å². The average molecular weight is 295 g/mol. The van der Waals surface area contributed by atoms with E-state index in [0.717, 1.165) is 5.56 Å². The van der Waals surface area contributed by atoms with Gasteiger partial charge in [0.25, 0.3) is 0 Å². The third kappa shape index (κ3) is 4.62. The molecule has 22 heavy (non-hydrogen) atoms. The molecule has 0 bridgehead atoms. The second-order valence-electron chi connectivity index (χ2n) is 4.79. The number of nitrogens with one attached hydrogen (secondary N) is 2. The Bertz CT molecular complexity index is 665. The summed E-state index contributed by atoms with van der Waals surface area (Å²) < 4.78 is 0. The molecule has 0 aliphatic heterocycles. The van der Waals surface area contributed by atoms with E-state index in [1.54, 1.807) is 24.3 Å². The molecular formula is C17H17N3O2. The Hall–Kier alpha value is -2.84. The molecule has 0 aliphatic rings. The first-order valence-electron chi connectivity index (χ1n) is 6.97. The van der Waals surface area contributed by atoms with Gasteiger partial charge in [0.05, 0.1) is 17.7 Å². The first-order chi connectivity index (χ1) is 10.7. The smallest absolute Gasteiger partial charge is 0.319 e. The molecule has 0 saturated heterocycles. The highest BCUT2D eigenvalue weighted by molar-refractivity contribution is 5.89. The lowest BCUT2D eigenvalue weighted by Gasteiger charge is -2.12. The topological polar surface area (TPSA) is 85.2 Å². The van der Waals surface area contributed by atoms with Crippen molar-refractivity contribution in [1.29, 1.82) is 5.26 Å². The van der Waals surface area contributed by atoms with E-state index in [0.29, 0.717) is 24.2 Å². The van der Waals surface area contributed by atoms with Gasteiger partial charge in [-0.05, 0) is 30.2 Å². The molecule has 2 amide bonds. The SMILES string of the molecule is N#Cc1cccc(NC(=O)NCCC(O)c2ccccc2)c1. The quantitative estimate of drug-likeness (QED) is 0.793. The van der Waals surface area contributed by atoms with Crippen molar-refractivity contribution in [2.75, 3.05) is 11.9 Å². The lowest BCUT2D eigenvalue weighted by atomic mass is 10.1. The standard InChI is InChI=1S/C17H17N3O2/c18-12-13-5-4-8-15(11-13)20-17(22)19-10-9-16(21)14-6-2-1-3-7-14/h1-8,11,16,21H,9-10H2,(H2,19,20,22). The molecule has 5 heteroatoms. The van der Waals surface area contributed by atoms with E-state index < -0.39 is 6.10 Å². The minimum atomic E-state index is -0.608. The number of anilines is 1. The Morgan fingerprint density at radius 2 is 1.95 bits per heavy atom. The molecule has 0 saturated carbocycles. The van der Waals surface area contributed by atoms with Crippen molar-refractivity contribution in [3.05, 3.63) is 65.7 Å². The Morgan fingerprint density at radius 3 is 2.68 bits per heavy atom. The molecule has 2 rings (SSSR count). The van der Waals surface area contributed by atoms with E-state index in [9.17, 15) is 9.90 Å². The molecular weight excluding hydrogens is 278 g/mol. The van der Waals surface area contributed by atoms with E-state index in [1.165, 1.54) is 0 Å². The van der Waals surface area contributed by atoms with E-state index in [2.05, 4.69) is 10.6 Å². The molecule has 3 N–H and O–H groups in total. The maximum absolute atomic E-state index is 11.7. The fourth-order valence-corrected chi connectivity index (χ4v) is 2.01. The van der Waals surface area contributed by atoms with Crippen LogP contribution in [0.3, 0.4) is 0 Å². The number of benzene rings is 2. The van der Waals surface area contributed by atoms with Crippen molar-refractivity contribution >= 4 is 11.7 Å². The summed E-state index contributed by atoms with van der Waals surface area (Å²) >= 11 is 0. The zero-order valence-corrected chi connectivity index (χ0v) is 12.0. The average Bonchev–Trinajstić information content (AvgIpc) is 2.55. The summed E-state index contributed by atoms with van der Waals surface area (Å²) in [6, 6.07) is 17.6. The highest BCUT2D eigenvalue weighted by Gasteiger charge is 2.08. The van der Waals surface area contributed by atoms with E-state index in [4.69, 9.17) is 5.26 Å². The van der Waals surface area contributed by atoms with Gasteiger partial charge in [-0.15, -0.1) is 0 Å². The van der Waals surface area contributed by atoms with Crippen molar-refractivity contribution in [2.24, 2.45) is 0 Å². The third-order valence-corrected chi connectivity index (χ3v) is 3.14. The number of hydrogen-bond acceptors (Lipinski definition) is 3. The lowest BCUT2D eigenvalue weighted by molar-refractivity contribution is 0.167. The third-order valence-electron chi connectivity index (χ3n) is 3.14. The first kappa shape index (κ1) is 15.5. The first-order valence-corrected chi connectivity index (χ1v) is 6.97. The van der Waals surface area contributed by atoms with Gasteiger partial charge in [-0.25, -0.2) is 4.79 Å². The normalized spacial score (nSPS) is 11.3. The molecule has 2 aromatic carbocycles. The van der Waals surface area contributed by atoms with Crippen LogP contribution < -0.4 is 10.6 Å². The summed E-state index contributed by atoms with van der Waals surface area (Å²) in [4.78, 5) is 11.7. The predicted molar refractivity (Wildman–Crippen MR) is 84.2 cm³/mol. The molecule has 0 aromatic heterocycles. The second-order valence-corrected chi connectivity index (χ2v) is 4.79. The van der Waals surface area contributed by atoms with Crippen LogP contribution in [0.25, 0.3) is 0 Å². The number of carbonyl (C=O) groups excluding carboxylic acids is 1. The molecule has 112 valence electrons. The summed E-state index contributed by atoms with van der Waals surface area (Å²) in [7, 11) is 0. The molecule has 0 fully saturated rings. The van der Waals surface area contributed by atoms with Gasteiger partial charge in [-0.2, -0.15) is 5.26 Å². The number of aliphatic hydroxyl groups is 1. The van der Waals surface area contributed by atoms with Crippen LogP contribution in [-0.4, -0.2) is 17.7 Å². The number of carbonyl (C=O) groups is 1. The van der Waals surface area contributed by atoms with Crippen molar-refractivity contribution in [3.63, 3.8) is 0 Å². The zero-order valence-electron chi connectivity index (χ0n) is 12.0. The minimum absolute atomic E-state index is 0.347. The van der Waals surface area contributed by atoms with Crippen LogP contribution in [0.4, 0.5) is 10.5 Å². The molecule has 2 aromatic rings. The Labute approximate surface area is 129 Å². The minimum Gasteiger partial charge on any atom is -0.388 e. The van der Waals surface area contributed by atoms with Crippen molar-refractivity contribution in [2.45, 2.75) is 12.5 Å². The molecule has 5 nitrogen and oxygen atoms in total. The maximum atomic E-state index is 11.7. The summed E-state index contributed by atoms with van der Waals surface area (Å²) in [5.41, 5.74) is 1.86. The maximum Gasteiger partial charge on any atom is 0.319 e. The van der Waals surface area contributed by atoms with Crippen LogP contribution in [0.5, 0.6) is 0 Å². The summed E-state index contributed by atoms with van der Waals surface area (Å²) in [6.07, 6.45) is -0.182. The van der Waals surface area contributed by atoms with Gasteiger partial charge in [0.2, 0.25) is 0 Å². The van der Waals surface area contributed by atoms with Crippen LogP contribution in [-0.2, 0) is 0 Å². The van der Waals surface area contributed by atoms with Crippen molar-refractivity contribution in [1.82, 2.24) is 5.32 Å². The molecule has 0 radical (unpaired) electrons. The molecule has 0 heterocycles. The monoisotopic (exact) mass is 295 g/mol. The van der Waals surface area contributed by atoms with E-state index >= 15 is 0 Å². The van der Waals surface area contributed by atoms with Gasteiger partial charge >= 0.3 is 6.03 Å². The van der Waals surface area contributed by atoms with Gasteiger partial charge in [0.15, 0.2) is 0 Å². The largest absolute Gasteiger partial charge is 0.388 e. The lowest BCUT2D eigenvalue weighted by Crippen LogP contribution is -2.30. The molecule has 1 unspecified atom stereocenters. The fourth-order valence-electron chi connectivity index (χ4n) is 2.01. The molecule has 1 atom stereocenters. The van der Waals surface area contributed by atoms with Gasteiger partial charge in [0.1, 0.15) is 0 Å². The number of nitrogens with zero attached hydrogens (tertiary/aromatic N) is 1. The number of urea groups is 1. The Morgan fingerprint density at radius 1 is 1.18 bits per heavy atom. The Kier molecular flexibility index (Phi) is 5.52. The molecule has 0 aliphatic carbocycles. The predicted octanol–water partition coefficient (Wildman–Crippen LogP) is 2.80. The highest BCUT2D eigenvalue weighted by atomic mass is 16.3. The number of aliphatic hydroxyl groups excluding tert-OH is 1. The number of amides is 2. The second kappa shape index (κ2) is 7.81. The van der Waals surface area contributed by atoms with Gasteiger partial charge in [-0.1, -0.05) is 36.4 Å². The molecule has 0 spiro atoms. The van der Waals surface area contributed by atoms with E-state index in [1.807, 2.05) is 36.4 Å². The van der Waals surface area contributed by atoms with Crippen LogP contribution in [0.1, 0.15) is 23.7 Å². The summed E-state index contributed by atoms with van der Waals surface area (Å²) in [5, 5.41) is 24.1. The van der Waals surface area contributed by atoms with Crippen LogP contribution in [0.2, 0.25) is 0 Å². The van der Waals surface area contributed by atoms with E-state index in [-0.39, 0.29) is 6.03 Å². The Balaban J connectivity index is 1.77. The summed E-state index contributed by atoms with van der Waals surface area (Å²) in [6.45, 7) is 0.347. The van der Waals surface area contributed by atoms with Crippen molar-refractivity contribution in [3.8, 4) is 6.07 Å². The van der Waals surface area contributed by atoms with Gasteiger partial charge < -0.3 is 15.7 Å². The van der Waals surface area contributed by atoms with Gasteiger partial charge in [-0.3, -0.25) is 0 Å². The van der Waals surface area contributed by atoms with Gasteiger partial charge in [0, 0.05) is 12.2 Å².